The van der Waals surface area contributed by atoms with Gasteiger partial charge >= 0.3 is 0 Å². The Morgan fingerprint density at radius 3 is 2.96 bits per heavy atom. The fourth-order valence-electron chi connectivity index (χ4n) is 3.16. The Labute approximate surface area is 143 Å². The molecule has 0 aliphatic carbocycles. The summed E-state index contributed by atoms with van der Waals surface area (Å²) in [5, 5.41) is 3.17. The summed E-state index contributed by atoms with van der Waals surface area (Å²) in [6.45, 7) is 3.66. The number of piperidine rings is 1. The molecule has 1 aliphatic rings. The fourth-order valence-corrected chi connectivity index (χ4v) is 5.15. The second kappa shape index (κ2) is 6.06. The zero-order valence-corrected chi connectivity index (χ0v) is 14.6. The number of aryl methyl sites for hydroxylation is 1. The second-order valence-corrected chi connectivity index (χ2v) is 8.02. The Hall–Kier alpha value is -1.72. The number of carbonyl (C=O) groups is 1. The van der Waals surface area contributed by atoms with E-state index in [-0.39, 0.29) is 5.91 Å². The maximum atomic E-state index is 12.8. The zero-order chi connectivity index (χ0) is 15.8. The molecule has 3 aromatic rings. The molecule has 0 bridgehead atoms. The van der Waals surface area contributed by atoms with Gasteiger partial charge in [0.05, 0.1) is 20.1 Å². The minimum absolute atomic E-state index is 0.184. The van der Waals surface area contributed by atoms with Crippen LogP contribution < -0.4 is 0 Å². The lowest BCUT2D eigenvalue weighted by molar-refractivity contribution is 0.0711. The Morgan fingerprint density at radius 1 is 1.30 bits per heavy atom. The maximum Gasteiger partial charge on any atom is 0.264 e. The van der Waals surface area contributed by atoms with E-state index in [2.05, 4.69) is 18.2 Å². The second-order valence-electron chi connectivity index (χ2n) is 6.04. The number of aromatic nitrogens is 1. The van der Waals surface area contributed by atoms with Gasteiger partial charge in [-0.25, -0.2) is 4.98 Å². The van der Waals surface area contributed by atoms with Gasteiger partial charge in [-0.1, -0.05) is 12.1 Å². The molecule has 0 saturated carbocycles. The molecule has 3 heterocycles. The predicted molar refractivity (Wildman–Crippen MR) is 96.6 cm³/mol. The van der Waals surface area contributed by atoms with Crippen LogP contribution in [0.1, 0.15) is 39.0 Å². The zero-order valence-electron chi connectivity index (χ0n) is 13.0. The van der Waals surface area contributed by atoms with Crippen molar-refractivity contribution >= 4 is 38.8 Å². The van der Waals surface area contributed by atoms with E-state index in [0.29, 0.717) is 5.92 Å². The van der Waals surface area contributed by atoms with Crippen molar-refractivity contribution in [3.05, 3.63) is 51.2 Å². The van der Waals surface area contributed by atoms with Gasteiger partial charge in [-0.3, -0.25) is 4.79 Å². The molecule has 0 spiro atoms. The van der Waals surface area contributed by atoms with Crippen LogP contribution in [-0.2, 0) is 0 Å². The minimum Gasteiger partial charge on any atom is -0.337 e. The largest absolute Gasteiger partial charge is 0.337 e. The molecule has 23 heavy (non-hydrogen) atoms. The highest BCUT2D eigenvalue weighted by molar-refractivity contribution is 7.18. The van der Waals surface area contributed by atoms with Gasteiger partial charge in [0.15, 0.2) is 0 Å². The normalized spacial score (nSPS) is 18.5. The first-order valence-electron chi connectivity index (χ1n) is 7.91. The predicted octanol–water partition coefficient (Wildman–Crippen LogP) is 4.69. The number of benzene rings is 1. The van der Waals surface area contributed by atoms with Gasteiger partial charge in [-0.15, -0.1) is 22.7 Å². The molecule has 118 valence electrons. The van der Waals surface area contributed by atoms with Gasteiger partial charge < -0.3 is 4.90 Å². The van der Waals surface area contributed by atoms with Crippen molar-refractivity contribution in [3.63, 3.8) is 0 Å². The fraction of sp³-hybridized carbons (Fsp3) is 0.333. The molecule has 1 aromatic carbocycles. The Balaban J connectivity index is 1.57. The number of thiophene rings is 1. The molecule has 0 N–H and O–H groups in total. The topological polar surface area (TPSA) is 33.2 Å². The van der Waals surface area contributed by atoms with E-state index in [4.69, 9.17) is 4.98 Å². The van der Waals surface area contributed by atoms with Gasteiger partial charge in [0.2, 0.25) is 0 Å². The smallest absolute Gasteiger partial charge is 0.264 e. The summed E-state index contributed by atoms with van der Waals surface area (Å²) < 4.78 is 1.24. The molecule has 1 aliphatic heterocycles. The van der Waals surface area contributed by atoms with Crippen LogP contribution in [0.15, 0.2) is 35.7 Å². The van der Waals surface area contributed by atoms with E-state index < -0.39 is 0 Å². The average Bonchev–Trinajstić information content (AvgIpc) is 3.20. The highest BCUT2D eigenvalue weighted by Crippen LogP contribution is 2.33. The van der Waals surface area contributed by atoms with Crippen LogP contribution in [0.5, 0.6) is 0 Å². The summed E-state index contributed by atoms with van der Waals surface area (Å²) in [6.07, 6.45) is 2.17. The van der Waals surface area contributed by atoms with Crippen molar-refractivity contribution in [2.24, 2.45) is 0 Å². The molecule has 0 unspecified atom stereocenters. The van der Waals surface area contributed by atoms with Crippen molar-refractivity contribution in [1.82, 2.24) is 9.88 Å². The quantitative estimate of drug-likeness (QED) is 0.677. The van der Waals surface area contributed by atoms with E-state index in [1.807, 2.05) is 29.3 Å². The molecule has 1 saturated heterocycles. The molecule has 1 atom stereocenters. The molecule has 5 heteroatoms. The number of thiazole rings is 1. The van der Waals surface area contributed by atoms with E-state index in [9.17, 15) is 4.79 Å². The summed E-state index contributed by atoms with van der Waals surface area (Å²) in [7, 11) is 0. The highest BCUT2D eigenvalue weighted by Gasteiger charge is 2.28. The number of carbonyl (C=O) groups excluding carboxylic acids is 1. The van der Waals surface area contributed by atoms with Gasteiger partial charge in [0.1, 0.15) is 0 Å². The molecule has 4 rings (SSSR count). The lowest BCUT2D eigenvalue weighted by Gasteiger charge is -2.31. The maximum absolute atomic E-state index is 12.8. The number of hydrogen-bond donors (Lipinski definition) is 0. The van der Waals surface area contributed by atoms with E-state index in [1.165, 1.54) is 9.71 Å². The van der Waals surface area contributed by atoms with Crippen LogP contribution in [0, 0.1) is 6.92 Å². The van der Waals surface area contributed by atoms with Crippen LogP contribution in [-0.4, -0.2) is 28.9 Å². The lowest BCUT2D eigenvalue weighted by atomic mass is 9.98. The summed E-state index contributed by atoms with van der Waals surface area (Å²) in [4.78, 5) is 20.4. The molecule has 3 nitrogen and oxygen atoms in total. The van der Waals surface area contributed by atoms with Crippen molar-refractivity contribution in [1.29, 1.82) is 0 Å². The standard InChI is InChI=1S/C18H18N2OS2/c1-12-8-10-22-16(12)18(21)20-9-4-5-13(11-20)17-19-14-6-2-3-7-15(14)23-17/h2-3,6-8,10,13H,4-5,9,11H2,1H3/t13-/m1/s1. The third kappa shape index (κ3) is 2.79. The number of para-hydroxylation sites is 1. The Bertz CT molecular complexity index is 818. The first kappa shape index (κ1) is 14.8. The van der Waals surface area contributed by atoms with E-state index in [1.54, 1.807) is 22.7 Å². The lowest BCUT2D eigenvalue weighted by Crippen LogP contribution is -2.39. The molecular formula is C18H18N2OS2. The summed E-state index contributed by atoms with van der Waals surface area (Å²) >= 11 is 3.32. The van der Waals surface area contributed by atoms with Crippen molar-refractivity contribution in [2.75, 3.05) is 13.1 Å². The SMILES string of the molecule is Cc1ccsc1C(=O)N1CCC[C@@H](c2nc3ccccc3s2)C1. The number of nitrogens with zero attached hydrogens (tertiary/aromatic N) is 2. The third-order valence-electron chi connectivity index (χ3n) is 4.42. The minimum atomic E-state index is 0.184. The van der Waals surface area contributed by atoms with Gasteiger partial charge in [-0.05, 0) is 48.9 Å². The van der Waals surface area contributed by atoms with Gasteiger partial charge in [0.25, 0.3) is 5.91 Å². The molecular weight excluding hydrogens is 324 g/mol. The van der Waals surface area contributed by atoms with Crippen LogP contribution >= 0.6 is 22.7 Å². The molecule has 2 aromatic heterocycles. The Morgan fingerprint density at radius 2 is 2.17 bits per heavy atom. The molecule has 0 radical (unpaired) electrons. The third-order valence-corrected chi connectivity index (χ3v) is 6.63. The summed E-state index contributed by atoms with van der Waals surface area (Å²) in [5.41, 5.74) is 2.16. The number of hydrogen-bond acceptors (Lipinski definition) is 4. The molecule has 1 fully saturated rings. The van der Waals surface area contributed by atoms with Crippen LogP contribution in [0.4, 0.5) is 0 Å². The monoisotopic (exact) mass is 342 g/mol. The van der Waals surface area contributed by atoms with Crippen molar-refractivity contribution < 1.29 is 4.79 Å². The molecule has 1 amide bonds. The number of amides is 1. The van der Waals surface area contributed by atoms with E-state index >= 15 is 0 Å². The van der Waals surface area contributed by atoms with Crippen molar-refractivity contribution in [3.8, 4) is 0 Å². The first-order chi connectivity index (χ1) is 11.2. The van der Waals surface area contributed by atoms with Gasteiger partial charge in [-0.2, -0.15) is 0 Å². The highest BCUT2D eigenvalue weighted by atomic mass is 32.1. The van der Waals surface area contributed by atoms with E-state index in [0.717, 1.165) is 41.9 Å². The Kier molecular flexibility index (Phi) is 3.91. The summed E-state index contributed by atoms with van der Waals surface area (Å²) in [6, 6.07) is 10.3. The van der Waals surface area contributed by atoms with Crippen LogP contribution in [0.3, 0.4) is 0 Å². The number of rotatable bonds is 2. The first-order valence-corrected chi connectivity index (χ1v) is 9.61. The van der Waals surface area contributed by atoms with Crippen LogP contribution in [0.2, 0.25) is 0 Å². The van der Waals surface area contributed by atoms with Crippen molar-refractivity contribution in [2.45, 2.75) is 25.7 Å². The number of likely N-dealkylation sites (tertiary alicyclic amines) is 1. The average molecular weight is 342 g/mol. The number of fused-ring (bicyclic) bond motifs is 1. The summed E-state index contributed by atoms with van der Waals surface area (Å²) in [5.74, 6) is 0.550. The van der Waals surface area contributed by atoms with Gasteiger partial charge in [0, 0.05) is 19.0 Å². The van der Waals surface area contributed by atoms with Crippen LogP contribution in [0.25, 0.3) is 10.2 Å².